The van der Waals surface area contributed by atoms with Crippen molar-refractivity contribution in [2.24, 2.45) is 0 Å². The Balaban J connectivity index is 1.50. The van der Waals surface area contributed by atoms with Crippen LogP contribution in [0.3, 0.4) is 0 Å². The molecule has 0 radical (unpaired) electrons. The minimum absolute atomic E-state index is 0.103. The number of rotatable bonds is 4. The molecule has 9 heteroatoms. The van der Waals surface area contributed by atoms with Crippen molar-refractivity contribution >= 4 is 29.1 Å². The molecule has 2 aromatic heterocycles. The van der Waals surface area contributed by atoms with E-state index in [9.17, 15) is 4.79 Å². The van der Waals surface area contributed by atoms with Gasteiger partial charge in [-0.3, -0.25) is 4.79 Å². The topological polar surface area (TPSA) is 74.7 Å². The first-order valence-corrected chi connectivity index (χ1v) is 11.3. The van der Waals surface area contributed by atoms with Crippen LogP contribution < -0.4 is 14.5 Å². The Morgan fingerprint density at radius 1 is 0.897 bits per heavy atom. The maximum absolute atomic E-state index is 12.7. The number of anilines is 2. The van der Waals surface area contributed by atoms with Gasteiger partial charge in [0.25, 0.3) is 5.91 Å². The number of hydrogen-bond acceptors (Lipinski definition) is 8. The van der Waals surface area contributed by atoms with Crippen LogP contribution >= 0.6 is 11.3 Å². The summed E-state index contributed by atoms with van der Waals surface area (Å²) in [7, 11) is 1.59. The van der Waals surface area contributed by atoms with E-state index in [1.807, 2.05) is 21.7 Å². The molecule has 0 spiro atoms. The molecule has 29 heavy (non-hydrogen) atoms. The van der Waals surface area contributed by atoms with E-state index in [2.05, 4.69) is 19.8 Å². The molecule has 4 rings (SSSR count). The summed E-state index contributed by atoms with van der Waals surface area (Å²) in [5, 5.41) is 3.86. The number of carbonyl (C=O) groups excluding carboxylic acids is 1. The van der Waals surface area contributed by atoms with Gasteiger partial charge in [0, 0.05) is 44.6 Å². The summed E-state index contributed by atoms with van der Waals surface area (Å²) in [6, 6.07) is 2.24. The van der Waals surface area contributed by atoms with Crippen molar-refractivity contribution in [2.45, 2.75) is 32.1 Å². The minimum Gasteiger partial charge on any atom is -0.467 e. The average molecular weight is 417 g/mol. The lowest BCUT2D eigenvalue weighted by Gasteiger charge is -2.25. The first kappa shape index (κ1) is 19.9. The van der Waals surface area contributed by atoms with Gasteiger partial charge in [-0.05, 0) is 30.7 Å². The van der Waals surface area contributed by atoms with Gasteiger partial charge in [-0.25, -0.2) is 0 Å². The van der Waals surface area contributed by atoms with Gasteiger partial charge in [-0.2, -0.15) is 26.3 Å². The van der Waals surface area contributed by atoms with Crippen molar-refractivity contribution in [3.8, 4) is 6.01 Å². The highest BCUT2D eigenvalue weighted by Gasteiger charge is 2.24. The van der Waals surface area contributed by atoms with Gasteiger partial charge >= 0.3 is 6.01 Å². The number of thiophene rings is 1. The molecule has 0 N–H and O–H groups in total. The number of hydrogen-bond donors (Lipinski definition) is 0. The standard InChI is InChI=1S/C20H28N6O2S/c1-28-20-22-18(25-8-4-2-3-5-9-25)21-19(23-20)26-11-6-10-24(12-13-26)17(27)16-7-14-29-15-16/h7,14-15H,2-6,8-13H2,1H3. The predicted molar refractivity (Wildman–Crippen MR) is 114 cm³/mol. The molecule has 2 saturated heterocycles. The summed E-state index contributed by atoms with van der Waals surface area (Å²) in [4.78, 5) is 32.8. The molecular formula is C20H28N6O2S. The van der Waals surface area contributed by atoms with Crippen LogP contribution in [-0.4, -0.2) is 72.1 Å². The van der Waals surface area contributed by atoms with Gasteiger partial charge in [-0.1, -0.05) is 12.8 Å². The van der Waals surface area contributed by atoms with Crippen LogP contribution in [0.1, 0.15) is 42.5 Å². The normalized spacial score (nSPS) is 18.3. The van der Waals surface area contributed by atoms with E-state index in [4.69, 9.17) is 9.72 Å². The van der Waals surface area contributed by atoms with E-state index >= 15 is 0 Å². The molecule has 0 atom stereocenters. The van der Waals surface area contributed by atoms with E-state index in [-0.39, 0.29) is 5.91 Å². The molecule has 2 fully saturated rings. The number of carbonyl (C=O) groups is 1. The summed E-state index contributed by atoms with van der Waals surface area (Å²) >= 11 is 1.55. The molecule has 2 aliphatic rings. The lowest BCUT2D eigenvalue weighted by Crippen LogP contribution is -2.35. The van der Waals surface area contributed by atoms with E-state index in [1.54, 1.807) is 18.4 Å². The molecule has 2 aromatic rings. The molecule has 8 nitrogen and oxygen atoms in total. The van der Waals surface area contributed by atoms with Crippen molar-refractivity contribution in [3.05, 3.63) is 22.4 Å². The van der Waals surface area contributed by atoms with E-state index < -0.39 is 0 Å². The van der Waals surface area contributed by atoms with Crippen molar-refractivity contribution < 1.29 is 9.53 Å². The Bertz CT molecular complexity index is 807. The van der Waals surface area contributed by atoms with Gasteiger partial charge in [0.2, 0.25) is 11.9 Å². The SMILES string of the molecule is COc1nc(N2CCCCCC2)nc(N2CCCN(C(=O)c3ccsc3)CC2)n1. The smallest absolute Gasteiger partial charge is 0.322 e. The first-order chi connectivity index (χ1) is 14.2. The zero-order valence-corrected chi connectivity index (χ0v) is 17.7. The zero-order valence-electron chi connectivity index (χ0n) is 16.9. The highest BCUT2D eigenvalue weighted by atomic mass is 32.1. The van der Waals surface area contributed by atoms with Crippen molar-refractivity contribution in [1.29, 1.82) is 0 Å². The fraction of sp³-hybridized carbons (Fsp3) is 0.600. The summed E-state index contributed by atoms with van der Waals surface area (Å²) in [6.45, 7) is 4.83. The number of methoxy groups -OCH3 is 1. The highest BCUT2D eigenvalue weighted by molar-refractivity contribution is 7.08. The fourth-order valence-corrected chi connectivity index (χ4v) is 4.50. The molecule has 0 unspecified atom stereocenters. The predicted octanol–water partition coefficient (Wildman–Crippen LogP) is 2.67. The number of aromatic nitrogens is 3. The van der Waals surface area contributed by atoms with Gasteiger partial charge in [0.15, 0.2) is 0 Å². The highest BCUT2D eigenvalue weighted by Crippen LogP contribution is 2.22. The lowest BCUT2D eigenvalue weighted by atomic mass is 10.2. The van der Waals surface area contributed by atoms with Crippen LogP contribution in [0.15, 0.2) is 16.8 Å². The van der Waals surface area contributed by atoms with Crippen molar-refractivity contribution in [3.63, 3.8) is 0 Å². The maximum Gasteiger partial charge on any atom is 0.322 e. The first-order valence-electron chi connectivity index (χ1n) is 10.4. The molecule has 2 aliphatic heterocycles. The Labute approximate surface area is 175 Å². The van der Waals surface area contributed by atoms with Crippen LogP contribution in [0.2, 0.25) is 0 Å². The molecule has 4 heterocycles. The molecule has 0 aromatic carbocycles. The number of nitrogens with zero attached hydrogens (tertiary/aromatic N) is 6. The molecule has 1 amide bonds. The molecular weight excluding hydrogens is 388 g/mol. The summed E-state index contributed by atoms with van der Waals surface area (Å²) in [5.41, 5.74) is 0.772. The summed E-state index contributed by atoms with van der Waals surface area (Å²) in [5.74, 6) is 1.44. The minimum atomic E-state index is 0.103. The Kier molecular flexibility index (Phi) is 6.43. The third-order valence-corrected chi connectivity index (χ3v) is 6.18. The van der Waals surface area contributed by atoms with Crippen LogP contribution in [-0.2, 0) is 0 Å². The molecule has 0 saturated carbocycles. The number of ether oxygens (including phenoxy) is 1. The summed E-state index contributed by atoms with van der Waals surface area (Å²) in [6.07, 6.45) is 5.71. The van der Waals surface area contributed by atoms with Crippen molar-refractivity contribution in [1.82, 2.24) is 19.9 Å². The van der Waals surface area contributed by atoms with Gasteiger partial charge in [-0.15, -0.1) is 0 Å². The second-order valence-electron chi connectivity index (χ2n) is 7.47. The maximum atomic E-state index is 12.7. The van der Waals surface area contributed by atoms with Gasteiger partial charge in [0.1, 0.15) is 0 Å². The monoisotopic (exact) mass is 416 g/mol. The third kappa shape index (κ3) is 4.77. The van der Waals surface area contributed by atoms with Gasteiger partial charge in [0.05, 0.1) is 12.7 Å². The fourth-order valence-electron chi connectivity index (χ4n) is 3.87. The quantitative estimate of drug-likeness (QED) is 0.758. The van der Waals surface area contributed by atoms with Crippen LogP contribution in [0.4, 0.5) is 11.9 Å². The zero-order chi connectivity index (χ0) is 20.1. The number of amides is 1. The average Bonchev–Trinajstić information content (AvgIpc) is 3.00. The Morgan fingerprint density at radius 3 is 2.24 bits per heavy atom. The summed E-state index contributed by atoms with van der Waals surface area (Å²) < 4.78 is 5.37. The lowest BCUT2D eigenvalue weighted by molar-refractivity contribution is 0.0767. The largest absolute Gasteiger partial charge is 0.467 e. The van der Waals surface area contributed by atoms with E-state index in [0.29, 0.717) is 31.0 Å². The Hall–Kier alpha value is -2.42. The second-order valence-corrected chi connectivity index (χ2v) is 8.25. The van der Waals surface area contributed by atoms with Crippen LogP contribution in [0.5, 0.6) is 6.01 Å². The van der Waals surface area contributed by atoms with Crippen LogP contribution in [0, 0.1) is 0 Å². The van der Waals surface area contributed by atoms with E-state index in [0.717, 1.165) is 51.0 Å². The molecule has 0 aliphatic carbocycles. The second kappa shape index (κ2) is 9.39. The molecule has 0 bridgehead atoms. The van der Waals surface area contributed by atoms with Gasteiger partial charge < -0.3 is 19.4 Å². The molecule has 156 valence electrons. The Morgan fingerprint density at radius 2 is 1.59 bits per heavy atom. The third-order valence-electron chi connectivity index (χ3n) is 5.50. The van der Waals surface area contributed by atoms with Crippen LogP contribution in [0.25, 0.3) is 0 Å². The van der Waals surface area contributed by atoms with E-state index in [1.165, 1.54) is 12.8 Å². The van der Waals surface area contributed by atoms with Crippen molar-refractivity contribution in [2.75, 3.05) is 56.2 Å².